The van der Waals surface area contributed by atoms with Gasteiger partial charge in [0.1, 0.15) is 0 Å². The lowest BCUT2D eigenvalue weighted by Gasteiger charge is -2.63. The van der Waals surface area contributed by atoms with Crippen molar-refractivity contribution in [2.24, 2.45) is 17.8 Å². The fourth-order valence-corrected chi connectivity index (χ4v) is 8.37. The normalized spacial score (nSPS) is 49.6. The molecule has 0 aliphatic heterocycles. The van der Waals surface area contributed by atoms with Crippen molar-refractivity contribution in [3.63, 3.8) is 0 Å². The van der Waals surface area contributed by atoms with Crippen LogP contribution in [-0.2, 0) is 3.42 Å². The number of benzene rings is 1. The lowest BCUT2D eigenvalue weighted by Crippen LogP contribution is -2.60. The molecule has 0 heterocycles. The van der Waals surface area contributed by atoms with E-state index < -0.39 is 0 Å². The third kappa shape index (κ3) is 1.54. The van der Waals surface area contributed by atoms with Gasteiger partial charge in [0, 0.05) is 3.42 Å². The zero-order valence-corrected chi connectivity index (χ0v) is 14.7. The highest BCUT2D eigenvalue weighted by atomic mass is 127. The van der Waals surface area contributed by atoms with Gasteiger partial charge in [-0.15, -0.1) is 0 Å². The summed E-state index contributed by atoms with van der Waals surface area (Å²) in [6, 6.07) is 11.3. The Balaban J connectivity index is 1.85. The van der Waals surface area contributed by atoms with E-state index in [1.165, 1.54) is 32.1 Å². The van der Waals surface area contributed by atoms with Gasteiger partial charge in [0.2, 0.25) is 0 Å². The van der Waals surface area contributed by atoms with Crippen LogP contribution in [0, 0.1) is 17.8 Å². The maximum Gasteiger partial charge on any atom is 0.0643 e. The minimum Gasteiger partial charge on any atom is -0.0770 e. The molecule has 0 spiro atoms. The van der Waals surface area contributed by atoms with Crippen molar-refractivity contribution in [3.8, 4) is 0 Å². The summed E-state index contributed by atoms with van der Waals surface area (Å²) in [5.74, 6) is 2.99. The van der Waals surface area contributed by atoms with Gasteiger partial charge < -0.3 is 0 Å². The van der Waals surface area contributed by atoms with Crippen LogP contribution in [0.15, 0.2) is 30.3 Å². The molecular weight excluding hydrogens is 446 g/mol. The second-order valence-corrected chi connectivity index (χ2v) is 10.4. The Morgan fingerprint density at radius 3 is 2.06 bits per heavy atom. The molecule has 0 aromatic heterocycles. The number of alkyl halides is 2. The molecule has 5 rings (SSSR count). The molecule has 18 heavy (non-hydrogen) atoms. The molecule has 4 bridgehead atoms. The van der Waals surface area contributed by atoms with E-state index in [1.807, 2.05) is 0 Å². The van der Waals surface area contributed by atoms with Crippen molar-refractivity contribution in [2.45, 2.75) is 38.9 Å². The number of halogens is 2. The summed E-state index contributed by atoms with van der Waals surface area (Å²) >= 11 is 5.68. The molecule has 4 saturated carbocycles. The smallest absolute Gasteiger partial charge is 0.0643 e. The van der Waals surface area contributed by atoms with E-state index in [-0.39, 0.29) is 0 Å². The van der Waals surface area contributed by atoms with Crippen LogP contribution in [0.2, 0.25) is 0 Å². The van der Waals surface area contributed by atoms with Gasteiger partial charge in [-0.1, -0.05) is 75.5 Å². The summed E-state index contributed by atoms with van der Waals surface area (Å²) in [6.07, 6.45) is 7.41. The Morgan fingerprint density at radius 1 is 0.889 bits per heavy atom. The Bertz CT molecular complexity index is 455. The molecule has 0 amide bonds. The van der Waals surface area contributed by atoms with Crippen LogP contribution < -0.4 is 0 Å². The van der Waals surface area contributed by atoms with Gasteiger partial charge in [-0.2, -0.15) is 0 Å². The van der Waals surface area contributed by atoms with Gasteiger partial charge in [0.15, 0.2) is 0 Å². The van der Waals surface area contributed by atoms with Gasteiger partial charge in [-0.25, -0.2) is 0 Å². The largest absolute Gasteiger partial charge is 0.0770 e. The van der Waals surface area contributed by atoms with Crippen molar-refractivity contribution < 1.29 is 0 Å². The average molecular weight is 464 g/mol. The summed E-state index contributed by atoms with van der Waals surface area (Å²) in [5, 5.41) is 0. The van der Waals surface area contributed by atoms with E-state index in [9.17, 15) is 0 Å². The zero-order valence-electron chi connectivity index (χ0n) is 10.4. The lowest BCUT2D eigenvalue weighted by atomic mass is 9.50. The highest BCUT2D eigenvalue weighted by Crippen LogP contribution is 2.70. The van der Waals surface area contributed by atoms with E-state index in [4.69, 9.17) is 0 Å². The first-order chi connectivity index (χ1) is 8.62. The molecule has 0 saturated heterocycles. The van der Waals surface area contributed by atoms with Crippen LogP contribution in [0.25, 0.3) is 0 Å². The predicted molar refractivity (Wildman–Crippen MR) is 92.4 cm³/mol. The molecule has 0 nitrogen and oxygen atoms in total. The minimum atomic E-state index is 0.389. The third-order valence-electron chi connectivity index (χ3n) is 5.54. The van der Waals surface area contributed by atoms with Crippen molar-refractivity contribution in [1.29, 1.82) is 0 Å². The average Bonchev–Trinajstić information content (AvgIpc) is 2.35. The Labute approximate surface area is 137 Å². The standard InChI is InChI=1S/C16H18I2/c17-15-9-11-6-12(10-15)8-14(7-11)16(15,18)13-4-2-1-3-5-13/h1-5,11-12,14H,6-10H2/t11-,12+,14?,15?,16?. The first-order valence-electron chi connectivity index (χ1n) is 7.05. The maximum absolute atomic E-state index is 2.84. The summed E-state index contributed by atoms with van der Waals surface area (Å²) < 4.78 is 0.904. The molecule has 1 aromatic carbocycles. The number of rotatable bonds is 1. The fourth-order valence-electron chi connectivity index (χ4n) is 5.06. The van der Waals surface area contributed by atoms with Crippen LogP contribution in [0.4, 0.5) is 0 Å². The SMILES string of the molecule is IC12C[C@@H]3CC(C[C@@H](C3)C1)C2(I)c1ccccc1. The number of hydrogen-bond donors (Lipinski definition) is 0. The maximum atomic E-state index is 2.84. The fraction of sp³-hybridized carbons (Fsp3) is 0.625. The van der Waals surface area contributed by atoms with Gasteiger partial charge in [0.25, 0.3) is 0 Å². The van der Waals surface area contributed by atoms with Crippen LogP contribution in [-0.4, -0.2) is 3.42 Å². The molecule has 0 radical (unpaired) electrons. The van der Waals surface area contributed by atoms with Gasteiger partial charge in [-0.05, 0) is 55.4 Å². The Kier molecular flexibility index (Phi) is 2.82. The third-order valence-corrected chi connectivity index (χ3v) is 10.8. The number of hydrogen-bond acceptors (Lipinski definition) is 0. The highest BCUT2D eigenvalue weighted by molar-refractivity contribution is 14.1. The quantitative estimate of drug-likeness (QED) is 0.390. The molecule has 3 unspecified atom stereocenters. The van der Waals surface area contributed by atoms with Crippen LogP contribution in [0.1, 0.15) is 37.7 Å². The summed E-state index contributed by atoms with van der Waals surface area (Å²) in [7, 11) is 0. The molecular formula is C16H18I2. The summed E-state index contributed by atoms with van der Waals surface area (Å²) in [5.41, 5.74) is 1.59. The van der Waals surface area contributed by atoms with Crippen molar-refractivity contribution in [1.82, 2.24) is 0 Å². The molecule has 1 aromatic rings. The monoisotopic (exact) mass is 464 g/mol. The molecule has 4 aliphatic carbocycles. The van der Waals surface area contributed by atoms with E-state index >= 15 is 0 Å². The van der Waals surface area contributed by atoms with Crippen molar-refractivity contribution >= 4 is 45.2 Å². The second kappa shape index (κ2) is 4.09. The molecule has 5 atom stereocenters. The van der Waals surface area contributed by atoms with Crippen LogP contribution >= 0.6 is 45.2 Å². The highest BCUT2D eigenvalue weighted by Gasteiger charge is 2.63. The predicted octanol–water partition coefficient (Wildman–Crippen LogP) is 5.33. The van der Waals surface area contributed by atoms with Crippen molar-refractivity contribution in [2.75, 3.05) is 0 Å². The van der Waals surface area contributed by atoms with Gasteiger partial charge in [0.05, 0.1) is 3.42 Å². The second-order valence-electron chi connectivity index (χ2n) is 6.59. The van der Waals surface area contributed by atoms with Crippen LogP contribution in [0.5, 0.6) is 0 Å². The van der Waals surface area contributed by atoms with Crippen molar-refractivity contribution in [3.05, 3.63) is 35.9 Å². The molecule has 0 N–H and O–H groups in total. The zero-order chi connectivity index (χ0) is 12.4. The van der Waals surface area contributed by atoms with E-state index in [0.717, 1.165) is 17.8 Å². The minimum absolute atomic E-state index is 0.389. The molecule has 4 fully saturated rings. The van der Waals surface area contributed by atoms with E-state index in [1.54, 1.807) is 5.56 Å². The Morgan fingerprint density at radius 2 is 1.50 bits per heavy atom. The van der Waals surface area contributed by atoms with Gasteiger partial charge in [-0.3, -0.25) is 0 Å². The van der Waals surface area contributed by atoms with E-state index in [2.05, 4.69) is 75.5 Å². The topological polar surface area (TPSA) is 0 Å². The summed E-state index contributed by atoms with van der Waals surface area (Å²) in [6.45, 7) is 0. The first-order valence-corrected chi connectivity index (χ1v) is 9.21. The van der Waals surface area contributed by atoms with Crippen LogP contribution in [0.3, 0.4) is 0 Å². The summed E-state index contributed by atoms with van der Waals surface area (Å²) in [4.78, 5) is 0. The van der Waals surface area contributed by atoms with E-state index in [0.29, 0.717) is 6.84 Å². The molecule has 96 valence electrons. The van der Waals surface area contributed by atoms with Gasteiger partial charge >= 0.3 is 0 Å². The lowest BCUT2D eigenvalue weighted by molar-refractivity contribution is 0.0161. The Hall–Kier alpha value is 0.680. The molecule has 2 heteroatoms. The first kappa shape index (κ1) is 12.4. The molecule has 4 aliphatic rings.